The van der Waals surface area contributed by atoms with Crippen molar-refractivity contribution in [2.45, 2.75) is 58.2 Å². The molecule has 2 N–H and O–H groups in total. The van der Waals surface area contributed by atoms with Crippen molar-refractivity contribution in [2.75, 3.05) is 13.1 Å². The molecule has 0 atom stereocenters. The van der Waals surface area contributed by atoms with E-state index in [2.05, 4.69) is 58.3 Å². The van der Waals surface area contributed by atoms with Crippen molar-refractivity contribution in [1.29, 1.82) is 0 Å². The van der Waals surface area contributed by atoms with Crippen LogP contribution in [0.15, 0.2) is 30.6 Å². The Morgan fingerprint density at radius 3 is 2.71 bits per heavy atom. The third kappa shape index (κ3) is 4.42. The first-order chi connectivity index (χ1) is 11.5. The van der Waals surface area contributed by atoms with Crippen LogP contribution in [0, 0.1) is 0 Å². The van der Waals surface area contributed by atoms with Crippen LogP contribution in [0.25, 0.3) is 0 Å². The van der Waals surface area contributed by atoms with Crippen LogP contribution in [-0.2, 0) is 18.5 Å². The van der Waals surface area contributed by atoms with Gasteiger partial charge in [-0.3, -0.25) is 15.0 Å². The average Bonchev–Trinajstić information content (AvgIpc) is 3.04. The zero-order valence-electron chi connectivity index (χ0n) is 15.0. The first kappa shape index (κ1) is 17.1. The van der Waals surface area contributed by atoms with E-state index in [1.807, 2.05) is 18.5 Å². The summed E-state index contributed by atoms with van der Waals surface area (Å²) in [6.07, 6.45) is 6.22. The van der Waals surface area contributed by atoms with E-state index in [0.29, 0.717) is 6.04 Å². The smallest absolute Gasteiger partial charge is 0.0543 e. The summed E-state index contributed by atoms with van der Waals surface area (Å²) in [5.74, 6) is 0. The number of likely N-dealkylation sites (tertiary alicyclic amines) is 1. The first-order valence-electron chi connectivity index (χ1n) is 8.91. The van der Waals surface area contributed by atoms with Crippen molar-refractivity contribution in [2.24, 2.45) is 0 Å². The van der Waals surface area contributed by atoms with E-state index >= 15 is 0 Å². The molecule has 1 aliphatic rings. The maximum atomic E-state index is 4.43. The topological polar surface area (TPSA) is 56.8 Å². The number of piperidine rings is 1. The third-order valence-corrected chi connectivity index (χ3v) is 4.75. The molecule has 2 aromatic heterocycles. The Labute approximate surface area is 144 Å². The first-order valence-corrected chi connectivity index (χ1v) is 8.91. The van der Waals surface area contributed by atoms with Gasteiger partial charge in [0.25, 0.3) is 0 Å². The van der Waals surface area contributed by atoms with Crippen molar-refractivity contribution in [3.05, 3.63) is 47.5 Å². The second-order valence-electron chi connectivity index (χ2n) is 7.77. The molecule has 5 nitrogen and oxygen atoms in total. The Morgan fingerprint density at radius 1 is 1.25 bits per heavy atom. The number of aromatic amines is 1. The lowest BCUT2D eigenvalue weighted by atomic mass is 9.89. The Balaban J connectivity index is 1.45. The van der Waals surface area contributed by atoms with Gasteiger partial charge in [-0.2, -0.15) is 5.10 Å². The van der Waals surface area contributed by atoms with Gasteiger partial charge in [-0.25, -0.2) is 0 Å². The summed E-state index contributed by atoms with van der Waals surface area (Å²) in [7, 11) is 0. The molecule has 0 radical (unpaired) electrons. The van der Waals surface area contributed by atoms with Gasteiger partial charge in [0.05, 0.1) is 11.9 Å². The number of hydrogen-bond acceptors (Lipinski definition) is 4. The summed E-state index contributed by atoms with van der Waals surface area (Å²) >= 11 is 0. The fraction of sp³-hybridized carbons (Fsp3) is 0.579. The molecule has 0 aromatic carbocycles. The standard InChI is InChI=1S/C19H29N5/c1-19(2,3)18-15(13-22-23-18)12-21-16-7-10-24(11-8-16)14-17-6-4-5-9-20-17/h4-6,9,13,16,21H,7-8,10-12,14H2,1-3H3,(H,22,23). The number of hydrogen-bond donors (Lipinski definition) is 2. The molecule has 5 heteroatoms. The molecule has 0 spiro atoms. The number of nitrogens with one attached hydrogen (secondary N) is 2. The largest absolute Gasteiger partial charge is 0.310 e. The van der Waals surface area contributed by atoms with Crippen LogP contribution < -0.4 is 5.32 Å². The van der Waals surface area contributed by atoms with Gasteiger partial charge < -0.3 is 5.32 Å². The fourth-order valence-electron chi connectivity index (χ4n) is 3.36. The van der Waals surface area contributed by atoms with Gasteiger partial charge >= 0.3 is 0 Å². The molecule has 24 heavy (non-hydrogen) atoms. The molecule has 0 aliphatic carbocycles. The number of nitrogens with zero attached hydrogens (tertiary/aromatic N) is 3. The maximum absolute atomic E-state index is 4.43. The van der Waals surface area contributed by atoms with Crippen molar-refractivity contribution >= 4 is 0 Å². The average molecular weight is 327 g/mol. The second-order valence-corrected chi connectivity index (χ2v) is 7.77. The van der Waals surface area contributed by atoms with E-state index < -0.39 is 0 Å². The minimum absolute atomic E-state index is 0.111. The van der Waals surface area contributed by atoms with E-state index in [-0.39, 0.29) is 5.41 Å². The normalized spacial score (nSPS) is 17.3. The van der Waals surface area contributed by atoms with E-state index in [9.17, 15) is 0 Å². The summed E-state index contributed by atoms with van der Waals surface area (Å²) < 4.78 is 0. The quantitative estimate of drug-likeness (QED) is 0.886. The number of pyridine rings is 1. The Bertz CT molecular complexity index is 621. The lowest BCUT2D eigenvalue weighted by molar-refractivity contribution is 0.188. The van der Waals surface area contributed by atoms with Crippen LogP contribution in [0.5, 0.6) is 0 Å². The van der Waals surface area contributed by atoms with Crippen molar-refractivity contribution in [1.82, 2.24) is 25.4 Å². The van der Waals surface area contributed by atoms with Crippen LogP contribution >= 0.6 is 0 Å². The number of H-pyrrole nitrogens is 1. The lowest BCUT2D eigenvalue weighted by Gasteiger charge is -2.32. The molecular formula is C19H29N5. The lowest BCUT2D eigenvalue weighted by Crippen LogP contribution is -2.42. The minimum atomic E-state index is 0.111. The zero-order chi connectivity index (χ0) is 17.0. The Hall–Kier alpha value is -1.72. The molecule has 1 aliphatic heterocycles. The minimum Gasteiger partial charge on any atom is -0.310 e. The monoisotopic (exact) mass is 327 g/mol. The van der Waals surface area contributed by atoms with Crippen molar-refractivity contribution < 1.29 is 0 Å². The molecule has 1 fully saturated rings. The number of rotatable bonds is 5. The fourth-order valence-corrected chi connectivity index (χ4v) is 3.36. The van der Waals surface area contributed by atoms with E-state index in [0.717, 1.165) is 31.9 Å². The van der Waals surface area contributed by atoms with Gasteiger partial charge in [-0.1, -0.05) is 26.8 Å². The van der Waals surface area contributed by atoms with Crippen LogP contribution in [0.1, 0.15) is 50.6 Å². The van der Waals surface area contributed by atoms with Crippen molar-refractivity contribution in [3.63, 3.8) is 0 Å². The summed E-state index contributed by atoms with van der Waals surface area (Å²) in [6, 6.07) is 6.74. The highest BCUT2D eigenvalue weighted by Gasteiger charge is 2.22. The van der Waals surface area contributed by atoms with Gasteiger partial charge in [0.15, 0.2) is 0 Å². The molecule has 3 heterocycles. The summed E-state index contributed by atoms with van der Waals surface area (Å²) in [5, 5.41) is 11.1. The highest BCUT2D eigenvalue weighted by Crippen LogP contribution is 2.23. The molecule has 0 unspecified atom stereocenters. The molecule has 2 aromatic rings. The van der Waals surface area contributed by atoms with Gasteiger partial charge in [0.1, 0.15) is 0 Å². The van der Waals surface area contributed by atoms with Gasteiger partial charge in [0.2, 0.25) is 0 Å². The molecular weight excluding hydrogens is 298 g/mol. The van der Waals surface area contributed by atoms with Crippen LogP contribution in [-0.4, -0.2) is 39.2 Å². The molecule has 0 bridgehead atoms. The van der Waals surface area contributed by atoms with E-state index in [1.54, 1.807) is 0 Å². The molecule has 1 saturated heterocycles. The van der Waals surface area contributed by atoms with Crippen LogP contribution in [0.2, 0.25) is 0 Å². The molecule has 3 rings (SSSR count). The highest BCUT2D eigenvalue weighted by molar-refractivity contribution is 5.23. The summed E-state index contributed by atoms with van der Waals surface area (Å²) in [5.41, 5.74) is 3.80. The van der Waals surface area contributed by atoms with Crippen LogP contribution in [0.4, 0.5) is 0 Å². The predicted octanol–water partition coefficient (Wildman–Crippen LogP) is 2.86. The van der Waals surface area contributed by atoms with Gasteiger partial charge in [0, 0.05) is 55.1 Å². The number of aromatic nitrogens is 3. The molecule has 0 saturated carbocycles. The Kier molecular flexibility index (Phi) is 5.31. The Morgan fingerprint density at radius 2 is 2.04 bits per heavy atom. The second kappa shape index (κ2) is 7.45. The van der Waals surface area contributed by atoms with Crippen molar-refractivity contribution in [3.8, 4) is 0 Å². The predicted molar refractivity (Wildman–Crippen MR) is 96.7 cm³/mol. The third-order valence-electron chi connectivity index (χ3n) is 4.75. The SMILES string of the molecule is CC(C)(C)c1[nH]ncc1CNC1CCN(Cc2ccccn2)CC1. The molecule has 130 valence electrons. The van der Waals surface area contributed by atoms with Gasteiger partial charge in [-0.05, 0) is 25.0 Å². The maximum Gasteiger partial charge on any atom is 0.0543 e. The van der Waals surface area contributed by atoms with Crippen LogP contribution in [0.3, 0.4) is 0 Å². The zero-order valence-corrected chi connectivity index (χ0v) is 15.0. The highest BCUT2D eigenvalue weighted by atomic mass is 15.2. The summed E-state index contributed by atoms with van der Waals surface area (Å²) in [4.78, 5) is 6.93. The van der Waals surface area contributed by atoms with E-state index in [4.69, 9.17) is 0 Å². The van der Waals surface area contributed by atoms with Gasteiger partial charge in [-0.15, -0.1) is 0 Å². The molecule has 0 amide bonds. The van der Waals surface area contributed by atoms with E-state index in [1.165, 1.54) is 24.1 Å². The summed E-state index contributed by atoms with van der Waals surface area (Å²) in [6.45, 7) is 10.8.